The lowest BCUT2D eigenvalue weighted by atomic mass is 9.75. The molecule has 248 valence electrons. The predicted molar refractivity (Wildman–Crippen MR) is 204 cm³/mol. The van der Waals surface area contributed by atoms with E-state index in [1.54, 1.807) is 0 Å². The fraction of sp³-hybridized carbons (Fsp3) is 0.0667. The minimum absolute atomic E-state index is 0.216. The minimum atomic E-state index is -0.216. The van der Waals surface area contributed by atoms with Gasteiger partial charge in [0.05, 0.1) is 0 Å². The number of fused-ring (bicyclic) bond motifs is 2. The van der Waals surface area contributed by atoms with Gasteiger partial charge in [0.15, 0.2) is 34.9 Å². The van der Waals surface area contributed by atoms with Crippen LogP contribution >= 0.6 is 0 Å². The first kappa shape index (κ1) is 31.1. The van der Waals surface area contributed by atoms with Gasteiger partial charge < -0.3 is 4.74 Å². The Kier molecular flexibility index (Phi) is 7.66. The van der Waals surface area contributed by atoms with Crippen LogP contribution in [0.2, 0.25) is 0 Å². The zero-order valence-corrected chi connectivity index (χ0v) is 28.6. The Morgan fingerprint density at radius 2 is 0.654 bits per heavy atom. The van der Waals surface area contributed by atoms with Crippen LogP contribution in [-0.4, -0.2) is 29.9 Å². The maximum Gasteiger partial charge on any atom is 0.164 e. The topological polar surface area (TPSA) is 86.6 Å². The fourth-order valence-electron chi connectivity index (χ4n) is 6.65. The maximum absolute atomic E-state index is 6.45. The van der Waals surface area contributed by atoms with Crippen molar-refractivity contribution < 1.29 is 4.74 Å². The summed E-state index contributed by atoms with van der Waals surface area (Å²) in [5, 5.41) is 0. The molecule has 0 atom stereocenters. The van der Waals surface area contributed by atoms with E-state index in [-0.39, 0.29) is 5.41 Å². The van der Waals surface area contributed by atoms with Crippen LogP contribution in [0.15, 0.2) is 158 Å². The molecule has 6 aromatic carbocycles. The van der Waals surface area contributed by atoms with Crippen LogP contribution < -0.4 is 4.74 Å². The molecule has 0 radical (unpaired) electrons. The molecular weight excluding hydrogens is 641 g/mol. The van der Waals surface area contributed by atoms with E-state index in [1.807, 2.05) is 133 Å². The lowest BCUT2D eigenvalue weighted by Crippen LogP contribution is -2.24. The Balaban J connectivity index is 1.12. The summed E-state index contributed by atoms with van der Waals surface area (Å²) in [5.74, 6) is 5.19. The second kappa shape index (κ2) is 12.8. The number of aromatic nitrogens is 6. The first-order valence-corrected chi connectivity index (χ1v) is 17.2. The van der Waals surface area contributed by atoms with Gasteiger partial charge in [-0.3, -0.25) is 0 Å². The number of rotatable bonds is 6. The van der Waals surface area contributed by atoms with Crippen LogP contribution in [0.1, 0.15) is 25.0 Å². The van der Waals surface area contributed by atoms with E-state index in [9.17, 15) is 0 Å². The number of ether oxygens (including phenoxy) is 1. The number of benzene rings is 6. The standard InChI is InChI=1S/C45H32N6O/c1-45(2)35-20-12-13-21-37(35)52-38-28-34(26-27-36(38)45)44-50-41(31-18-10-5-11-19-31)49-43(51-44)33-24-22-32(23-25-33)42-47-39(29-14-6-3-7-15-29)46-40(48-42)30-16-8-4-9-17-30/h3-28H,1-2H3. The van der Waals surface area contributed by atoms with Crippen molar-refractivity contribution in [1.29, 1.82) is 0 Å². The van der Waals surface area contributed by atoms with Crippen molar-refractivity contribution in [2.75, 3.05) is 0 Å². The minimum Gasteiger partial charge on any atom is -0.457 e. The molecule has 7 heteroatoms. The van der Waals surface area contributed by atoms with E-state index >= 15 is 0 Å². The summed E-state index contributed by atoms with van der Waals surface area (Å²) in [6, 6.07) is 52.4. The smallest absolute Gasteiger partial charge is 0.164 e. The molecule has 0 fully saturated rings. The summed E-state index contributed by atoms with van der Waals surface area (Å²) in [6.45, 7) is 4.46. The van der Waals surface area contributed by atoms with E-state index in [2.05, 4.69) is 38.1 Å². The monoisotopic (exact) mass is 672 g/mol. The van der Waals surface area contributed by atoms with Crippen molar-refractivity contribution in [2.24, 2.45) is 0 Å². The van der Waals surface area contributed by atoms with Crippen LogP contribution in [0.5, 0.6) is 11.5 Å². The normalized spacial score (nSPS) is 12.7. The molecule has 7 nitrogen and oxygen atoms in total. The Bertz CT molecular complexity index is 2500. The lowest BCUT2D eigenvalue weighted by molar-refractivity contribution is 0.418. The fourth-order valence-corrected chi connectivity index (χ4v) is 6.65. The highest BCUT2D eigenvalue weighted by Gasteiger charge is 2.34. The van der Waals surface area contributed by atoms with E-state index in [0.717, 1.165) is 56.0 Å². The van der Waals surface area contributed by atoms with Crippen LogP contribution in [0, 0.1) is 0 Å². The molecule has 0 aliphatic carbocycles. The zero-order chi connectivity index (χ0) is 35.1. The van der Waals surface area contributed by atoms with Crippen molar-refractivity contribution in [3.63, 3.8) is 0 Å². The van der Waals surface area contributed by atoms with E-state index in [0.29, 0.717) is 34.9 Å². The Hall–Kier alpha value is -6.86. The molecule has 1 aliphatic rings. The number of nitrogens with zero attached hydrogens (tertiary/aromatic N) is 6. The molecule has 0 bridgehead atoms. The number of hydrogen-bond acceptors (Lipinski definition) is 7. The highest BCUT2D eigenvalue weighted by atomic mass is 16.5. The molecule has 8 aromatic rings. The number of para-hydroxylation sites is 1. The average Bonchev–Trinajstić information content (AvgIpc) is 3.21. The molecule has 0 spiro atoms. The van der Waals surface area contributed by atoms with Crippen LogP contribution in [0.4, 0.5) is 0 Å². The van der Waals surface area contributed by atoms with Gasteiger partial charge in [-0.1, -0.05) is 159 Å². The lowest BCUT2D eigenvalue weighted by Gasteiger charge is -2.34. The number of hydrogen-bond donors (Lipinski definition) is 0. The van der Waals surface area contributed by atoms with Crippen molar-refractivity contribution in [3.8, 4) is 79.8 Å². The summed E-state index contributed by atoms with van der Waals surface area (Å²) in [7, 11) is 0. The molecule has 1 aliphatic heterocycles. The van der Waals surface area contributed by atoms with Gasteiger partial charge >= 0.3 is 0 Å². The predicted octanol–water partition coefficient (Wildman–Crippen LogP) is 10.5. The summed E-state index contributed by atoms with van der Waals surface area (Å²) in [4.78, 5) is 29.6. The van der Waals surface area contributed by atoms with E-state index in [4.69, 9.17) is 34.6 Å². The Morgan fingerprint density at radius 1 is 0.327 bits per heavy atom. The van der Waals surface area contributed by atoms with E-state index < -0.39 is 0 Å². The zero-order valence-electron chi connectivity index (χ0n) is 28.6. The average molecular weight is 673 g/mol. The van der Waals surface area contributed by atoms with Crippen molar-refractivity contribution in [3.05, 3.63) is 169 Å². The van der Waals surface area contributed by atoms with Gasteiger partial charge in [-0.05, 0) is 12.1 Å². The molecule has 2 aromatic heterocycles. The van der Waals surface area contributed by atoms with E-state index in [1.165, 1.54) is 0 Å². The van der Waals surface area contributed by atoms with Gasteiger partial charge in [-0.2, -0.15) is 0 Å². The summed E-state index contributed by atoms with van der Waals surface area (Å²) in [5.41, 5.74) is 7.36. The molecule has 0 saturated carbocycles. The van der Waals surface area contributed by atoms with Crippen molar-refractivity contribution in [2.45, 2.75) is 19.3 Å². The third kappa shape index (κ3) is 5.78. The van der Waals surface area contributed by atoms with Gasteiger partial charge in [0.25, 0.3) is 0 Å². The third-order valence-corrected chi connectivity index (χ3v) is 9.46. The highest BCUT2D eigenvalue weighted by molar-refractivity contribution is 5.72. The summed E-state index contributed by atoms with van der Waals surface area (Å²) >= 11 is 0. The first-order valence-electron chi connectivity index (χ1n) is 17.2. The third-order valence-electron chi connectivity index (χ3n) is 9.46. The molecule has 0 amide bonds. The first-order chi connectivity index (χ1) is 25.5. The van der Waals surface area contributed by atoms with Crippen LogP contribution in [0.25, 0.3) is 68.3 Å². The van der Waals surface area contributed by atoms with Gasteiger partial charge in [0.2, 0.25) is 0 Å². The van der Waals surface area contributed by atoms with Crippen molar-refractivity contribution in [1.82, 2.24) is 29.9 Å². The second-order valence-electron chi connectivity index (χ2n) is 13.2. The second-order valence-corrected chi connectivity index (χ2v) is 13.2. The van der Waals surface area contributed by atoms with Gasteiger partial charge in [-0.15, -0.1) is 0 Å². The van der Waals surface area contributed by atoms with Crippen molar-refractivity contribution >= 4 is 0 Å². The molecule has 3 heterocycles. The molecular formula is C45H32N6O. The SMILES string of the molecule is CC1(C)c2ccccc2Oc2cc(-c3nc(-c4ccccc4)nc(-c4ccc(-c5nc(-c6ccccc6)nc(-c6ccccc6)n5)cc4)n3)ccc21. The largest absolute Gasteiger partial charge is 0.457 e. The molecule has 0 unspecified atom stereocenters. The molecule has 0 N–H and O–H groups in total. The molecule has 9 rings (SSSR count). The summed E-state index contributed by atoms with van der Waals surface area (Å²) < 4.78 is 6.45. The molecule has 52 heavy (non-hydrogen) atoms. The molecule has 0 saturated heterocycles. The van der Waals surface area contributed by atoms with Gasteiger partial charge in [0.1, 0.15) is 11.5 Å². The maximum atomic E-state index is 6.45. The Morgan fingerprint density at radius 3 is 1.10 bits per heavy atom. The highest BCUT2D eigenvalue weighted by Crippen LogP contribution is 2.48. The summed E-state index contributed by atoms with van der Waals surface area (Å²) in [6.07, 6.45) is 0. The van der Waals surface area contributed by atoms with Gasteiger partial charge in [-0.25, -0.2) is 29.9 Å². The van der Waals surface area contributed by atoms with Crippen LogP contribution in [0.3, 0.4) is 0 Å². The quantitative estimate of drug-likeness (QED) is 0.174. The Labute approximate surface area is 301 Å². The van der Waals surface area contributed by atoms with Crippen LogP contribution in [-0.2, 0) is 5.41 Å². The van der Waals surface area contributed by atoms with Gasteiger partial charge in [0, 0.05) is 49.9 Å².